The molecule has 0 atom stereocenters. The highest BCUT2D eigenvalue weighted by atomic mass is 16.1. The van der Waals surface area contributed by atoms with Crippen molar-refractivity contribution in [2.75, 3.05) is 23.3 Å². The summed E-state index contributed by atoms with van der Waals surface area (Å²) in [5, 5.41) is 11.8. The molecule has 1 saturated heterocycles. The molecule has 142 valence electrons. The molecule has 3 aromatic rings. The number of aromatic nitrogens is 2. The monoisotopic (exact) mass is 372 g/mol. The number of carbonyl (C=O) groups is 1. The highest BCUT2D eigenvalue weighted by Gasteiger charge is 2.14. The molecule has 0 spiro atoms. The number of carbonyl (C=O) groups excluding carboxylic acids is 1. The average molecular weight is 372 g/mol. The number of nitrogens with one attached hydrogen (secondary N) is 1. The third kappa shape index (κ3) is 4.03. The maximum Gasteiger partial charge on any atom is 0.255 e. The second-order valence-corrected chi connectivity index (χ2v) is 7.38. The van der Waals surface area contributed by atoms with E-state index in [2.05, 4.69) is 26.5 Å². The minimum atomic E-state index is -0.112. The van der Waals surface area contributed by atoms with Crippen molar-refractivity contribution in [2.45, 2.75) is 26.7 Å². The number of anilines is 2. The van der Waals surface area contributed by atoms with Crippen molar-refractivity contribution < 1.29 is 4.79 Å². The fraction of sp³-hybridized carbons (Fsp3) is 0.261. The summed E-state index contributed by atoms with van der Waals surface area (Å²) in [5.74, 6) is 0.819. The van der Waals surface area contributed by atoms with Crippen LogP contribution >= 0.6 is 0 Å². The summed E-state index contributed by atoms with van der Waals surface area (Å²) < 4.78 is 0. The van der Waals surface area contributed by atoms with E-state index in [0.29, 0.717) is 5.56 Å². The van der Waals surface area contributed by atoms with Gasteiger partial charge in [-0.05, 0) is 63.1 Å². The highest BCUT2D eigenvalue weighted by Crippen LogP contribution is 2.23. The molecule has 5 nitrogen and oxygen atoms in total. The number of hydrogen-bond donors (Lipinski definition) is 1. The normalized spacial score (nSPS) is 13.6. The topological polar surface area (TPSA) is 58.1 Å². The van der Waals surface area contributed by atoms with E-state index in [1.165, 1.54) is 12.8 Å². The van der Waals surface area contributed by atoms with E-state index in [0.717, 1.165) is 47.0 Å². The van der Waals surface area contributed by atoms with Gasteiger partial charge in [-0.3, -0.25) is 4.79 Å². The lowest BCUT2D eigenvalue weighted by atomic mass is 10.1. The molecule has 0 unspecified atom stereocenters. The van der Waals surface area contributed by atoms with E-state index in [9.17, 15) is 4.79 Å². The van der Waals surface area contributed by atoms with E-state index in [1.807, 2.05) is 62.4 Å². The van der Waals surface area contributed by atoms with Crippen LogP contribution in [0.2, 0.25) is 0 Å². The van der Waals surface area contributed by atoms with Crippen LogP contribution < -0.4 is 10.2 Å². The van der Waals surface area contributed by atoms with Gasteiger partial charge >= 0.3 is 0 Å². The van der Waals surface area contributed by atoms with Crippen molar-refractivity contribution in [2.24, 2.45) is 0 Å². The number of hydrogen-bond acceptors (Lipinski definition) is 4. The van der Waals surface area contributed by atoms with Gasteiger partial charge in [-0.1, -0.05) is 29.3 Å². The number of amides is 1. The molecular formula is C23H24N4O. The Labute approximate surface area is 165 Å². The molecule has 1 fully saturated rings. The zero-order chi connectivity index (χ0) is 19.5. The van der Waals surface area contributed by atoms with Gasteiger partial charge in [0, 0.05) is 29.9 Å². The van der Waals surface area contributed by atoms with Gasteiger partial charge in [0.25, 0.3) is 5.91 Å². The molecule has 0 saturated carbocycles. The zero-order valence-electron chi connectivity index (χ0n) is 16.3. The first-order chi connectivity index (χ1) is 13.6. The molecule has 1 amide bonds. The van der Waals surface area contributed by atoms with Crippen molar-refractivity contribution in [3.8, 4) is 11.3 Å². The lowest BCUT2D eigenvalue weighted by molar-refractivity contribution is 0.102. The maximum absolute atomic E-state index is 12.6. The Hall–Kier alpha value is -3.21. The predicted octanol–water partition coefficient (Wildman–Crippen LogP) is 4.61. The smallest absolute Gasteiger partial charge is 0.255 e. The van der Waals surface area contributed by atoms with E-state index < -0.39 is 0 Å². The standard InChI is InChI=1S/C23H24N4O/c1-16-12-17(2)14-19(13-16)23(28)24-20-7-5-6-18(15-20)21-8-9-22(26-25-21)27-10-3-4-11-27/h5-9,12-15H,3-4,10-11H2,1-2H3,(H,24,28). The van der Waals surface area contributed by atoms with Gasteiger partial charge in [0.1, 0.15) is 0 Å². The Morgan fingerprint density at radius 2 is 1.68 bits per heavy atom. The van der Waals surface area contributed by atoms with Gasteiger partial charge in [0.2, 0.25) is 0 Å². The Morgan fingerprint density at radius 1 is 0.929 bits per heavy atom. The summed E-state index contributed by atoms with van der Waals surface area (Å²) in [7, 11) is 0. The molecule has 0 radical (unpaired) electrons. The van der Waals surface area contributed by atoms with Gasteiger partial charge in [-0.15, -0.1) is 10.2 Å². The van der Waals surface area contributed by atoms with Crippen LogP contribution in [0.5, 0.6) is 0 Å². The Kier molecular flexibility index (Phi) is 5.06. The lowest BCUT2D eigenvalue weighted by Crippen LogP contribution is -2.19. The van der Waals surface area contributed by atoms with E-state index in [1.54, 1.807) is 0 Å². The molecule has 0 bridgehead atoms. The fourth-order valence-corrected chi connectivity index (χ4v) is 3.66. The first kappa shape index (κ1) is 18.2. The van der Waals surface area contributed by atoms with E-state index >= 15 is 0 Å². The van der Waals surface area contributed by atoms with Crippen LogP contribution in [0, 0.1) is 13.8 Å². The summed E-state index contributed by atoms with van der Waals surface area (Å²) in [5.41, 5.74) is 5.29. The molecule has 2 aromatic carbocycles. The molecular weight excluding hydrogens is 348 g/mol. The van der Waals surface area contributed by atoms with Crippen LogP contribution in [-0.2, 0) is 0 Å². The number of benzene rings is 2. The van der Waals surface area contributed by atoms with Crippen LogP contribution in [0.25, 0.3) is 11.3 Å². The van der Waals surface area contributed by atoms with E-state index in [4.69, 9.17) is 0 Å². The summed E-state index contributed by atoms with van der Waals surface area (Å²) in [6, 6.07) is 17.6. The number of aryl methyl sites for hydroxylation is 2. The SMILES string of the molecule is Cc1cc(C)cc(C(=O)Nc2cccc(-c3ccc(N4CCCC4)nn3)c2)c1. The third-order valence-electron chi connectivity index (χ3n) is 4.98. The van der Waals surface area contributed by atoms with Gasteiger partial charge in [-0.25, -0.2) is 0 Å². The van der Waals surface area contributed by atoms with Crippen LogP contribution in [0.3, 0.4) is 0 Å². The first-order valence-corrected chi connectivity index (χ1v) is 9.67. The lowest BCUT2D eigenvalue weighted by Gasteiger charge is -2.15. The molecule has 5 heteroatoms. The maximum atomic E-state index is 12.6. The predicted molar refractivity (Wildman–Crippen MR) is 113 cm³/mol. The van der Waals surface area contributed by atoms with Crippen molar-refractivity contribution in [3.63, 3.8) is 0 Å². The minimum Gasteiger partial charge on any atom is -0.355 e. The molecule has 1 aromatic heterocycles. The summed E-state index contributed by atoms with van der Waals surface area (Å²) >= 11 is 0. The molecule has 1 aliphatic rings. The van der Waals surface area contributed by atoms with Crippen LogP contribution in [0.4, 0.5) is 11.5 Å². The Morgan fingerprint density at radius 3 is 2.36 bits per heavy atom. The molecule has 1 N–H and O–H groups in total. The first-order valence-electron chi connectivity index (χ1n) is 9.67. The second-order valence-electron chi connectivity index (χ2n) is 7.38. The Balaban J connectivity index is 1.51. The largest absolute Gasteiger partial charge is 0.355 e. The van der Waals surface area contributed by atoms with Crippen molar-refractivity contribution in [1.82, 2.24) is 10.2 Å². The number of nitrogens with zero attached hydrogens (tertiary/aromatic N) is 3. The minimum absolute atomic E-state index is 0.112. The quantitative estimate of drug-likeness (QED) is 0.726. The molecule has 28 heavy (non-hydrogen) atoms. The average Bonchev–Trinajstić information content (AvgIpc) is 3.22. The highest BCUT2D eigenvalue weighted by molar-refractivity contribution is 6.04. The van der Waals surface area contributed by atoms with Crippen molar-refractivity contribution in [1.29, 1.82) is 0 Å². The summed E-state index contributed by atoms with van der Waals surface area (Å²) in [4.78, 5) is 14.9. The van der Waals surface area contributed by atoms with Crippen molar-refractivity contribution in [3.05, 3.63) is 71.3 Å². The molecule has 1 aliphatic heterocycles. The van der Waals surface area contributed by atoms with Crippen LogP contribution in [0.1, 0.15) is 34.3 Å². The van der Waals surface area contributed by atoms with E-state index in [-0.39, 0.29) is 5.91 Å². The molecule has 0 aliphatic carbocycles. The second kappa shape index (κ2) is 7.80. The van der Waals surface area contributed by atoms with Gasteiger partial charge in [0.15, 0.2) is 5.82 Å². The van der Waals surface area contributed by atoms with Gasteiger partial charge < -0.3 is 10.2 Å². The van der Waals surface area contributed by atoms with Gasteiger partial charge in [-0.2, -0.15) is 0 Å². The van der Waals surface area contributed by atoms with Gasteiger partial charge in [0.05, 0.1) is 5.69 Å². The van der Waals surface area contributed by atoms with Crippen LogP contribution in [-0.4, -0.2) is 29.2 Å². The number of rotatable bonds is 4. The third-order valence-corrected chi connectivity index (χ3v) is 4.98. The van der Waals surface area contributed by atoms with Crippen molar-refractivity contribution >= 4 is 17.4 Å². The molecule has 4 rings (SSSR count). The summed E-state index contributed by atoms with van der Waals surface area (Å²) in [6.07, 6.45) is 2.43. The summed E-state index contributed by atoms with van der Waals surface area (Å²) in [6.45, 7) is 6.09. The fourth-order valence-electron chi connectivity index (χ4n) is 3.66. The molecule has 2 heterocycles. The Bertz CT molecular complexity index is 971. The zero-order valence-corrected chi connectivity index (χ0v) is 16.3. The van der Waals surface area contributed by atoms with Crippen LogP contribution in [0.15, 0.2) is 54.6 Å².